The van der Waals surface area contributed by atoms with Gasteiger partial charge < -0.3 is 39.8 Å². The molecule has 2 aromatic heterocycles. The quantitative estimate of drug-likeness (QED) is 0.0251. The normalized spacial score (nSPS) is 16.4. The lowest BCUT2D eigenvalue weighted by atomic mass is 9.87. The highest BCUT2D eigenvalue weighted by atomic mass is 16.5. The number of pyridine rings is 1. The van der Waals surface area contributed by atoms with Crippen LogP contribution < -0.4 is 26.0 Å². The Hall–Kier alpha value is -6.53. The molecule has 1 unspecified atom stereocenters. The van der Waals surface area contributed by atoms with Crippen molar-refractivity contribution < 1.29 is 38.1 Å². The van der Waals surface area contributed by atoms with E-state index in [2.05, 4.69) is 78.9 Å². The van der Waals surface area contributed by atoms with Gasteiger partial charge in [-0.3, -0.25) is 34.6 Å². The fourth-order valence-corrected chi connectivity index (χ4v) is 9.37. The van der Waals surface area contributed by atoms with E-state index in [1.165, 1.54) is 16.0 Å². The van der Waals surface area contributed by atoms with Crippen LogP contribution in [0.2, 0.25) is 0 Å². The van der Waals surface area contributed by atoms with Gasteiger partial charge in [0.05, 0.1) is 38.6 Å². The average molecular weight is 970 g/mol. The van der Waals surface area contributed by atoms with Crippen LogP contribution in [-0.2, 0) is 47.1 Å². The van der Waals surface area contributed by atoms with Gasteiger partial charge in [-0.2, -0.15) is 5.10 Å². The van der Waals surface area contributed by atoms with E-state index >= 15 is 0 Å². The molecule has 2 fully saturated rings. The number of rotatable bonds is 28. The summed E-state index contributed by atoms with van der Waals surface area (Å²) in [5.41, 5.74) is 5.79. The number of ether oxygens (including phenoxy) is 4. The average Bonchev–Trinajstić information content (AvgIpc) is 4.02. The van der Waals surface area contributed by atoms with Gasteiger partial charge in [0.1, 0.15) is 11.8 Å². The molecule has 3 aliphatic heterocycles. The molecular formula is C54H67N9O8. The molecule has 4 amide bonds. The molecule has 0 spiro atoms. The maximum absolute atomic E-state index is 13.1. The number of benzene rings is 3. The summed E-state index contributed by atoms with van der Waals surface area (Å²) in [6.45, 7) is 6.06. The molecule has 376 valence electrons. The summed E-state index contributed by atoms with van der Waals surface area (Å²) < 4.78 is 23.3. The van der Waals surface area contributed by atoms with E-state index in [1.54, 1.807) is 30.6 Å². The highest BCUT2D eigenvalue weighted by Crippen LogP contribution is 2.35. The molecule has 2 saturated heterocycles. The van der Waals surface area contributed by atoms with Crippen LogP contribution in [0.1, 0.15) is 110 Å². The van der Waals surface area contributed by atoms with Gasteiger partial charge in [-0.05, 0) is 131 Å². The second kappa shape index (κ2) is 26.1. The van der Waals surface area contributed by atoms with Crippen LogP contribution in [0.25, 0.3) is 11.4 Å². The summed E-state index contributed by atoms with van der Waals surface area (Å²) in [5.74, 6) is 1.23. The van der Waals surface area contributed by atoms with Gasteiger partial charge in [-0.25, -0.2) is 4.98 Å². The van der Waals surface area contributed by atoms with Crippen molar-refractivity contribution in [3.63, 3.8) is 0 Å². The summed E-state index contributed by atoms with van der Waals surface area (Å²) in [6, 6.07) is 25.4. The van der Waals surface area contributed by atoms with E-state index in [-0.39, 0.29) is 42.6 Å². The number of H-pyrrole nitrogens is 1. The Morgan fingerprint density at radius 3 is 2.21 bits per heavy atom. The van der Waals surface area contributed by atoms with E-state index < -0.39 is 11.9 Å². The Kier molecular flexibility index (Phi) is 18.7. The number of amides is 4. The molecule has 1 atom stereocenters. The highest BCUT2D eigenvalue weighted by molar-refractivity contribution is 6.06. The number of aromatic nitrogens is 4. The zero-order valence-electron chi connectivity index (χ0n) is 40.6. The number of aromatic amines is 1. The summed E-state index contributed by atoms with van der Waals surface area (Å²) in [4.78, 5) is 60.3. The van der Waals surface area contributed by atoms with Crippen molar-refractivity contribution in [1.82, 2.24) is 35.7 Å². The van der Waals surface area contributed by atoms with E-state index in [9.17, 15) is 19.2 Å². The minimum atomic E-state index is -0.700. The van der Waals surface area contributed by atoms with Gasteiger partial charge in [0.25, 0.3) is 5.91 Å². The lowest BCUT2D eigenvalue weighted by Crippen LogP contribution is -2.52. The Balaban J connectivity index is 0.617. The number of carbonyl (C=O) groups excluding carboxylic acids is 4. The topological polar surface area (TPSA) is 211 Å². The van der Waals surface area contributed by atoms with Crippen LogP contribution >= 0.6 is 0 Å². The van der Waals surface area contributed by atoms with Crippen molar-refractivity contribution in [2.45, 2.75) is 102 Å². The second-order valence-electron chi connectivity index (χ2n) is 18.4. The molecule has 3 aromatic carbocycles. The number of carbonyl (C=O) groups is 4. The minimum Gasteiger partial charge on any atom is -0.494 e. The molecular weight excluding hydrogens is 903 g/mol. The third-order valence-corrected chi connectivity index (χ3v) is 13.2. The van der Waals surface area contributed by atoms with Gasteiger partial charge in [0.2, 0.25) is 17.7 Å². The summed E-state index contributed by atoms with van der Waals surface area (Å²) in [7, 11) is 0. The maximum Gasteiger partial charge on any atom is 0.255 e. The van der Waals surface area contributed by atoms with Crippen LogP contribution in [0.3, 0.4) is 0 Å². The van der Waals surface area contributed by atoms with E-state index in [0.29, 0.717) is 81.7 Å². The number of unbranched alkanes of at least 4 members (excludes halogenated alkanes) is 5. The lowest BCUT2D eigenvalue weighted by Gasteiger charge is -2.37. The van der Waals surface area contributed by atoms with Crippen molar-refractivity contribution in [3.8, 4) is 17.1 Å². The maximum atomic E-state index is 13.1. The summed E-state index contributed by atoms with van der Waals surface area (Å²) >= 11 is 0. The molecule has 5 aromatic rings. The first-order chi connectivity index (χ1) is 34.8. The zero-order valence-corrected chi connectivity index (χ0v) is 40.6. The standard InChI is InChI=1S/C54H67N9O8/c64-48(57-46-16-10-15-44-45(46)38-63(52(44)67)47-18-19-49(65)58-51(47)66)17-4-3-6-29-69-32-34-70-33-31-68-28-5-1-2-7-30-71-43-14-9-12-40(37-43)35-39-11-8-13-42(36-39)60-54(22-26-56-27-23-54)53-59-50(61-62-53)41-20-24-55-25-21-41/h8-16,20-21,24-25,36-37,47,56,60H,1-7,17-19,22-23,26-35,38H2,(H,57,64)(H,58,65,66)(H,59,61,62). The van der Waals surface area contributed by atoms with E-state index in [1.807, 2.05) is 18.2 Å². The summed E-state index contributed by atoms with van der Waals surface area (Å²) in [5, 5.41) is 20.4. The van der Waals surface area contributed by atoms with Crippen molar-refractivity contribution in [2.24, 2.45) is 0 Å². The molecule has 8 rings (SSSR count). The predicted molar refractivity (Wildman–Crippen MR) is 269 cm³/mol. The lowest BCUT2D eigenvalue weighted by molar-refractivity contribution is -0.137. The molecule has 0 bridgehead atoms. The van der Waals surface area contributed by atoms with Crippen molar-refractivity contribution in [1.29, 1.82) is 0 Å². The molecule has 5 N–H and O–H groups in total. The van der Waals surface area contributed by atoms with Crippen molar-refractivity contribution in [2.75, 3.05) is 70.0 Å². The van der Waals surface area contributed by atoms with Gasteiger partial charge in [-0.1, -0.05) is 43.2 Å². The second-order valence-corrected chi connectivity index (χ2v) is 18.4. The van der Waals surface area contributed by atoms with Gasteiger partial charge in [0.15, 0.2) is 11.6 Å². The molecule has 0 saturated carbocycles. The van der Waals surface area contributed by atoms with Gasteiger partial charge in [0, 0.05) is 73.1 Å². The van der Waals surface area contributed by atoms with Crippen LogP contribution in [0, 0.1) is 0 Å². The predicted octanol–water partition coefficient (Wildman–Crippen LogP) is 7.10. The number of imide groups is 1. The number of hydrogen-bond donors (Lipinski definition) is 5. The third-order valence-electron chi connectivity index (χ3n) is 13.2. The van der Waals surface area contributed by atoms with Crippen LogP contribution in [0.5, 0.6) is 5.75 Å². The monoisotopic (exact) mass is 970 g/mol. The fourth-order valence-electron chi connectivity index (χ4n) is 9.37. The van der Waals surface area contributed by atoms with Gasteiger partial charge in [-0.15, -0.1) is 0 Å². The minimum absolute atomic E-state index is 0.127. The Morgan fingerprint density at radius 1 is 0.761 bits per heavy atom. The zero-order chi connectivity index (χ0) is 49.1. The Morgan fingerprint density at radius 2 is 1.45 bits per heavy atom. The molecule has 17 nitrogen and oxygen atoms in total. The number of piperidine rings is 2. The van der Waals surface area contributed by atoms with Crippen LogP contribution in [-0.4, -0.2) is 114 Å². The number of hydrogen-bond acceptors (Lipinski definition) is 13. The molecule has 3 aliphatic rings. The first-order valence-corrected chi connectivity index (χ1v) is 25.3. The Labute approximate surface area is 415 Å². The SMILES string of the molecule is O=C1CCC(N2Cc3c(NC(=O)CCCCCOCCOCCOCCCCCCOc4cccc(Cc5cccc(NC6(c7nc(-c8ccncc8)n[nH]7)CCNCC6)c5)c4)cccc3C2=O)C(=O)N1. The molecule has 0 aliphatic carbocycles. The highest BCUT2D eigenvalue weighted by Gasteiger charge is 2.40. The van der Waals surface area contributed by atoms with Crippen LogP contribution in [0.4, 0.5) is 11.4 Å². The first kappa shape index (κ1) is 50.8. The molecule has 5 heterocycles. The number of nitrogens with one attached hydrogen (secondary N) is 5. The molecule has 17 heteroatoms. The van der Waals surface area contributed by atoms with E-state index in [4.69, 9.17) is 23.9 Å². The van der Waals surface area contributed by atoms with Crippen molar-refractivity contribution in [3.05, 3.63) is 119 Å². The number of anilines is 2. The first-order valence-electron chi connectivity index (χ1n) is 25.3. The summed E-state index contributed by atoms with van der Waals surface area (Å²) in [6.07, 6.45) is 13.4. The third kappa shape index (κ3) is 14.5. The number of nitrogens with zero attached hydrogens (tertiary/aromatic N) is 4. The fraction of sp³-hybridized carbons (Fsp3) is 0.463. The van der Waals surface area contributed by atoms with Crippen LogP contribution in [0.15, 0.2) is 91.3 Å². The van der Waals surface area contributed by atoms with E-state index in [0.717, 1.165) is 93.7 Å². The molecule has 0 radical (unpaired) electrons. The van der Waals surface area contributed by atoms with Crippen molar-refractivity contribution >= 4 is 35.0 Å². The number of fused-ring (bicyclic) bond motifs is 1. The Bertz CT molecular complexity index is 2530. The molecule has 71 heavy (non-hydrogen) atoms. The smallest absolute Gasteiger partial charge is 0.255 e. The van der Waals surface area contributed by atoms with Gasteiger partial charge >= 0.3 is 0 Å². The largest absolute Gasteiger partial charge is 0.494 e.